The minimum Gasteiger partial charge on any atom is -0.465 e. The number of fused-ring (bicyclic) bond motifs is 1. The lowest BCUT2D eigenvalue weighted by Crippen LogP contribution is -2.16. The summed E-state index contributed by atoms with van der Waals surface area (Å²) in [4.78, 5) is 26.6. The van der Waals surface area contributed by atoms with Crippen LogP contribution in [0.3, 0.4) is 0 Å². The lowest BCUT2D eigenvalue weighted by molar-refractivity contribution is 0.0600. The van der Waals surface area contributed by atoms with Gasteiger partial charge in [0, 0.05) is 23.8 Å². The fourth-order valence-corrected chi connectivity index (χ4v) is 3.88. The summed E-state index contributed by atoms with van der Waals surface area (Å²) in [5, 5.41) is 6.47. The van der Waals surface area contributed by atoms with Crippen molar-refractivity contribution in [1.82, 2.24) is 14.3 Å². The molecule has 6 nitrogen and oxygen atoms in total. The Morgan fingerprint density at radius 2 is 2.07 bits per heavy atom. The molecule has 0 radical (unpaired) electrons. The number of benzene rings is 1. The van der Waals surface area contributed by atoms with Crippen LogP contribution in [0.15, 0.2) is 59.0 Å². The summed E-state index contributed by atoms with van der Waals surface area (Å²) in [6.45, 7) is 2.60. The lowest BCUT2D eigenvalue weighted by atomic mass is 10.1. The molecule has 2 aliphatic rings. The Morgan fingerprint density at radius 3 is 2.79 bits per heavy atom. The SMILES string of the molecule is COC(=O)c1cn(CCc2cccs2)cc2c(=O)n(-c3cccc(C)c3)nc1-2. The van der Waals surface area contributed by atoms with Crippen molar-refractivity contribution in [2.75, 3.05) is 7.11 Å². The monoisotopic (exact) mass is 393 g/mol. The summed E-state index contributed by atoms with van der Waals surface area (Å²) in [6, 6.07) is 11.6. The molecule has 1 aromatic carbocycles. The van der Waals surface area contributed by atoms with Crippen molar-refractivity contribution in [3.63, 3.8) is 0 Å². The first-order valence-corrected chi connectivity index (χ1v) is 9.75. The van der Waals surface area contributed by atoms with Gasteiger partial charge in [-0.3, -0.25) is 4.79 Å². The maximum absolute atomic E-state index is 13.0. The van der Waals surface area contributed by atoms with Crippen LogP contribution in [0.5, 0.6) is 0 Å². The Hall–Kier alpha value is -3.19. The van der Waals surface area contributed by atoms with Gasteiger partial charge in [0.2, 0.25) is 0 Å². The van der Waals surface area contributed by atoms with E-state index in [0.717, 1.165) is 12.0 Å². The van der Waals surface area contributed by atoms with E-state index in [9.17, 15) is 9.59 Å². The maximum atomic E-state index is 13.0. The molecule has 4 rings (SSSR count). The Labute approximate surface area is 166 Å². The van der Waals surface area contributed by atoms with E-state index in [2.05, 4.69) is 11.2 Å². The fraction of sp³-hybridized carbons (Fsp3) is 0.190. The summed E-state index contributed by atoms with van der Waals surface area (Å²) in [5.41, 5.74) is 2.48. The summed E-state index contributed by atoms with van der Waals surface area (Å²) in [6.07, 6.45) is 4.28. The van der Waals surface area contributed by atoms with Crippen molar-refractivity contribution >= 4 is 17.3 Å². The van der Waals surface area contributed by atoms with Crippen LogP contribution in [0.25, 0.3) is 16.9 Å². The van der Waals surface area contributed by atoms with Gasteiger partial charge in [0.05, 0.1) is 18.4 Å². The van der Waals surface area contributed by atoms with E-state index in [1.165, 1.54) is 16.7 Å². The van der Waals surface area contributed by atoms with Gasteiger partial charge in [0.25, 0.3) is 5.56 Å². The first kappa shape index (κ1) is 18.2. The van der Waals surface area contributed by atoms with E-state index in [-0.39, 0.29) is 11.1 Å². The van der Waals surface area contributed by atoms with Crippen molar-refractivity contribution < 1.29 is 9.53 Å². The molecule has 2 aromatic rings. The average Bonchev–Trinajstić information content (AvgIpc) is 3.33. The van der Waals surface area contributed by atoms with Crippen LogP contribution < -0.4 is 5.56 Å². The predicted molar refractivity (Wildman–Crippen MR) is 109 cm³/mol. The third-order valence-electron chi connectivity index (χ3n) is 4.57. The number of aromatic nitrogens is 3. The molecular weight excluding hydrogens is 374 g/mol. The molecule has 7 heteroatoms. The van der Waals surface area contributed by atoms with Crippen LogP contribution in [0, 0.1) is 6.92 Å². The van der Waals surface area contributed by atoms with Gasteiger partial charge in [-0.25, -0.2) is 4.79 Å². The second-order valence-corrected chi connectivity index (χ2v) is 7.58. The Morgan fingerprint density at radius 1 is 1.21 bits per heavy atom. The highest BCUT2D eigenvalue weighted by Gasteiger charge is 2.24. The van der Waals surface area contributed by atoms with Gasteiger partial charge >= 0.3 is 5.97 Å². The van der Waals surface area contributed by atoms with E-state index in [1.54, 1.807) is 23.7 Å². The molecule has 0 amide bonds. The van der Waals surface area contributed by atoms with Gasteiger partial charge in [0.1, 0.15) is 11.3 Å². The number of esters is 1. The molecule has 0 aliphatic carbocycles. The summed E-state index contributed by atoms with van der Waals surface area (Å²) >= 11 is 1.68. The minimum atomic E-state index is -0.510. The van der Waals surface area contributed by atoms with Gasteiger partial charge < -0.3 is 9.30 Å². The van der Waals surface area contributed by atoms with Crippen molar-refractivity contribution in [3.05, 3.63) is 80.5 Å². The highest BCUT2D eigenvalue weighted by atomic mass is 32.1. The molecule has 0 saturated heterocycles. The van der Waals surface area contributed by atoms with Crippen molar-refractivity contribution in [1.29, 1.82) is 0 Å². The number of methoxy groups -OCH3 is 1. The third-order valence-corrected chi connectivity index (χ3v) is 5.51. The van der Waals surface area contributed by atoms with E-state index >= 15 is 0 Å². The van der Waals surface area contributed by atoms with Crippen molar-refractivity contribution in [3.8, 4) is 16.9 Å². The van der Waals surface area contributed by atoms with Crippen LogP contribution in [0.2, 0.25) is 0 Å². The zero-order valence-electron chi connectivity index (χ0n) is 15.6. The Kier molecular flexibility index (Phi) is 4.83. The molecule has 28 heavy (non-hydrogen) atoms. The van der Waals surface area contributed by atoms with E-state index in [4.69, 9.17) is 4.74 Å². The zero-order chi connectivity index (χ0) is 19.7. The molecule has 0 spiro atoms. The number of carbonyl (C=O) groups excluding carboxylic acids is 1. The fourth-order valence-electron chi connectivity index (χ4n) is 3.18. The molecule has 2 aliphatic heterocycles. The largest absolute Gasteiger partial charge is 0.465 e. The highest BCUT2D eigenvalue weighted by Crippen LogP contribution is 2.23. The summed E-state index contributed by atoms with van der Waals surface area (Å²) in [7, 11) is 1.33. The molecule has 0 N–H and O–H groups in total. The second-order valence-electron chi connectivity index (χ2n) is 6.55. The van der Waals surface area contributed by atoms with E-state index in [0.29, 0.717) is 23.5 Å². The predicted octanol–water partition coefficient (Wildman–Crippen LogP) is 3.54. The van der Waals surface area contributed by atoms with Gasteiger partial charge in [-0.2, -0.15) is 9.78 Å². The molecule has 0 bridgehead atoms. The number of hydrogen-bond donors (Lipinski definition) is 0. The first-order chi connectivity index (χ1) is 13.6. The minimum absolute atomic E-state index is 0.253. The zero-order valence-corrected chi connectivity index (χ0v) is 16.4. The molecule has 142 valence electrons. The molecule has 0 atom stereocenters. The van der Waals surface area contributed by atoms with Crippen LogP contribution in [-0.4, -0.2) is 27.4 Å². The van der Waals surface area contributed by atoms with Gasteiger partial charge in [-0.15, -0.1) is 11.3 Å². The topological polar surface area (TPSA) is 66.1 Å². The number of aryl methyl sites for hydroxylation is 3. The number of carbonyl (C=O) groups is 1. The number of hydrogen-bond acceptors (Lipinski definition) is 5. The van der Waals surface area contributed by atoms with Crippen LogP contribution in [0.4, 0.5) is 0 Å². The normalized spacial score (nSPS) is 11.1. The molecule has 3 heterocycles. The summed E-state index contributed by atoms with van der Waals surface area (Å²) < 4.78 is 8.12. The molecule has 0 saturated carbocycles. The molecule has 0 unspecified atom stereocenters. The highest BCUT2D eigenvalue weighted by molar-refractivity contribution is 7.09. The summed E-state index contributed by atoms with van der Waals surface area (Å²) in [5.74, 6) is -0.510. The number of rotatable bonds is 5. The second kappa shape index (κ2) is 7.44. The average molecular weight is 393 g/mol. The lowest BCUT2D eigenvalue weighted by Gasteiger charge is -2.11. The quantitative estimate of drug-likeness (QED) is 0.487. The van der Waals surface area contributed by atoms with Crippen LogP contribution in [-0.2, 0) is 17.7 Å². The number of ether oxygens (including phenoxy) is 1. The van der Waals surface area contributed by atoms with Gasteiger partial charge in [0.15, 0.2) is 0 Å². The number of nitrogens with zero attached hydrogens (tertiary/aromatic N) is 3. The Bertz CT molecular complexity index is 1160. The third kappa shape index (κ3) is 3.36. The smallest absolute Gasteiger partial charge is 0.341 e. The number of pyridine rings is 1. The van der Waals surface area contributed by atoms with Crippen molar-refractivity contribution in [2.45, 2.75) is 19.9 Å². The maximum Gasteiger partial charge on any atom is 0.341 e. The Balaban J connectivity index is 1.83. The standard InChI is InChI=1S/C21H19N3O3S/c1-14-5-3-6-15(11-14)24-20(25)17-12-23(9-8-16-7-4-10-28-16)13-18(19(17)22-24)21(26)27-2/h3-7,10-13H,8-9H2,1-2H3. The van der Waals surface area contributed by atoms with Gasteiger partial charge in [-0.1, -0.05) is 18.2 Å². The molecule has 1 aromatic heterocycles. The van der Waals surface area contributed by atoms with Crippen LogP contribution in [0.1, 0.15) is 20.8 Å². The van der Waals surface area contributed by atoms with Crippen molar-refractivity contribution in [2.24, 2.45) is 0 Å². The first-order valence-electron chi connectivity index (χ1n) is 8.87. The van der Waals surface area contributed by atoms with Gasteiger partial charge in [-0.05, 0) is 42.5 Å². The molecule has 0 fully saturated rings. The number of thiophene rings is 1. The van der Waals surface area contributed by atoms with E-state index < -0.39 is 5.97 Å². The van der Waals surface area contributed by atoms with Crippen LogP contribution >= 0.6 is 11.3 Å². The molecular formula is C21H19N3O3S. The van der Waals surface area contributed by atoms with E-state index in [1.807, 2.05) is 47.2 Å².